The molecular formula is C19H25ClF3N3O3. The second-order valence-electron chi connectivity index (χ2n) is 7.22. The van der Waals surface area contributed by atoms with Crippen LogP contribution in [0.3, 0.4) is 0 Å². The van der Waals surface area contributed by atoms with Crippen LogP contribution in [-0.4, -0.2) is 75.7 Å². The number of hydrogen-bond donors (Lipinski definition) is 0. The molecular weight excluding hydrogens is 411 g/mol. The number of benzene rings is 1. The Kier molecular flexibility index (Phi) is 7.90. The zero-order valence-corrected chi connectivity index (χ0v) is 17.4. The van der Waals surface area contributed by atoms with E-state index in [1.165, 1.54) is 12.1 Å². The van der Waals surface area contributed by atoms with E-state index in [1.807, 2.05) is 23.9 Å². The van der Waals surface area contributed by atoms with Crippen LogP contribution in [0, 0.1) is 0 Å². The fourth-order valence-corrected chi connectivity index (χ4v) is 3.31. The predicted octanol–water partition coefficient (Wildman–Crippen LogP) is 3.14. The number of likely N-dealkylation sites (N-methyl/N-ethyl adjacent to an activating group) is 2. The van der Waals surface area contributed by atoms with E-state index in [2.05, 4.69) is 0 Å². The quantitative estimate of drug-likeness (QED) is 0.616. The van der Waals surface area contributed by atoms with Gasteiger partial charge in [0.05, 0.1) is 11.3 Å². The molecule has 0 aliphatic carbocycles. The van der Waals surface area contributed by atoms with Crippen molar-refractivity contribution < 1.29 is 27.5 Å². The average molecular weight is 436 g/mol. The molecule has 162 valence electrons. The number of carbonyl (C=O) groups excluding carboxylic acids is 2. The summed E-state index contributed by atoms with van der Waals surface area (Å²) in [7, 11) is 5.60. The number of alkyl halides is 3. The van der Waals surface area contributed by atoms with Crippen LogP contribution in [0.15, 0.2) is 18.2 Å². The van der Waals surface area contributed by atoms with Gasteiger partial charge in [-0.3, -0.25) is 9.59 Å². The van der Waals surface area contributed by atoms with Gasteiger partial charge in [0.1, 0.15) is 0 Å². The van der Waals surface area contributed by atoms with E-state index in [4.69, 9.17) is 16.3 Å². The lowest BCUT2D eigenvalue weighted by Crippen LogP contribution is -2.50. The first kappa shape index (κ1) is 23.4. The van der Waals surface area contributed by atoms with Gasteiger partial charge in [0.25, 0.3) is 5.24 Å². The summed E-state index contributed by atoms with van der Waals surface area (Å²) in [6.45, 7) is 1.79. The number of amides is 1. The summed E-state index contributed by atoms with van der Waals surface area (Å²) >= 11 is 5.64. The summed E-state index contributed by atoms with van der Waals surface area (Å²) in [4.78, 5) is 28.7. The van der Waals surface area contributed by atoms with Crippen molar-refractivity contribution in [2.24, 2.45) is 0 Å². The van der Waals surface area contributed by atoms with Crippen molar-refractivity contribution >= 4 is 34.1 Å². The van der Waals surface area contributed by atoms with Crippen LogP contribution >= 0.6 is 11.6 Å². The van der Waals surface area contributed by atoms with Crippen molar-refractivity contribution in [2.45, 2.75) is 25.1 Å². The van der Waals surface area contributed by atoms with Crippen molar-refractivity contribution in [3.05, 3.63) is 23.8 Å². The first-order chi connectivity index (χ1) is 13.5. The third-order valence-electron chi connectivity index (χ3n) is 4.79. The molecule has 2 rings (SSSR count). The number of nitrogens with zero attached hydrogens (tertiary/aromatic N) is 3. The summed E-state index contributed by atoms with van der Waals surface area (Å²) in [5, 5.41) is -0.922. The molecule has 0 spiro atoms. The molecule has 0 bridgehead atoms. The minimum atomic E-state index is -5.09. The van der Waals surface area contributed by atoms with Crippen molar-refractivity contribution in [1.82, 2.24) is 4.90 Å². The first-order valence-electron chi connectivity index (χ1n) is 9.20. The van der Waals surface area contributed by atoms with Gasteiger partial charge in [-0.05, 0) is 56.7 Å². The van der Waals surface area contributed by atoms with Crippen molar-refractivity contribution in [2.75, 3.05) is 57.2 Å². The van der Waals surface area contributed by atoms with Crippen LogP contribution in [0.1, 0.15) is 23.2 Å². The number of anilines is 2. The molecule has 1 fully saturated rings. The summed E-state index contributed by atoms with van der Waals surface area (Å²) in [5.41, 5.74) is 0.310. The number of carbonyl (C=O) groups is 2. The van der Waals surface area contributed by atoms with Gasteiger partial charge >= 0.3 is 12.1 Å². The second kappa shape index (κ2) is 9.77. The minimum Gasteiger partial charge on any atom is -0.381 e. The monoisotopic (exact) mass is 435 g/mol. The molecule has 0 saturated carbocycles. The molecule has 29 heavy (non-hydrogen) atoms. The Morgan fingerprint density at radius 3 is 2.28 bits per heavy atom. The molecule has 1 aromatic carbocycles. The topological polar surface area (TPSA) is 53.1 Å². The lowest BCUT2D eigenvalue weighted by atomic mass is 10.0. The van der Waals surface area contributed by atoms with Crippen molar-refractivity contribution in [1.29, 1.82) is 0 Å². The fourth-order valence-electron chi connectivity index (χ4n) is 3.15. The molecule has 0 radical (unpaired) electrons. The zero-order chi connectivity index (χ0) is 21.8. The van der Waals surface area contributed by atoms with Crippen molar-refractivity contribution in [3.63, 3.8) is 0 Å². The zero-order valence-electron chi connectivity index (χ0n) is 16.6. The summed E-state index contributed by atoms with van der Waals surface area (Å²) < 4.78 is 45.4. The summed E-state index contributed by atoms with van der Waals surface area (Å²) in [6.07, 6.45) is -4.62. The SMILES string of the molecule is CN(C)CCN(C)c1ccc(C(=O)Cl)c(N(C(=O)C(F)(F)F)C2CCOCC2)c1. The van der Waals surface area contributed by atoms with Crippen LogP contribution in [0.4, 0.5) is 24.5 Å². The lowest BCUT2D eigenvalue weighted by molar-refractivity contribution is -0.171. The Hall–Kier alpha value is -1.84. The number of rotatable bonds is 7. The normalized spacial score (nSPS) is 15.4. The molecule has 1 saturated heterocycles. The fraction of sp³-hybridized carbons (Fsp3) is 0.579. The number of ether oxygens (including phenoxy) is 1. The Balaban J connectivity index is 2.52. The first-order valence-corrected chi connectivity index (χ1v) is 9.58. The van der Waals surface area contributed by atoms with E-state index in [1.54, 1.807) is 13.1 Å². The molecule has 1 heterocycles. The van der Waals surface area contributed by atoms with E-state index in [0.29, 0.717) is 23.7 Å². The second-order valence-corrected chi connectivity index (χ2v) is 7.56. The van der Waals surface area contributed by atoms with Gasteiger partial charge in [-0.25, -0.2) is 0 Å². The summed E-state index contributed by atoms with van der Waals surface area (Å²) in [5.74, 6) is -2.02. The standard InChI is InChI=1S/C19H25ClF3N3O3/c1-24(2)8-9-25(3)14-4-5-15(17(20)27)16(12-14)26(18(28)19(21,22)23)13-6-10-29-11-7-13/h4-5,12-13H,6-11H2,1-3H3. The Labute approximate surface area is 173 Å². The molecule has 10 heteroatoms. The average Bonchev–Trinajstić information content (AvgIpc) is 2.66. The maximum atomic E-state index is 13.4. The summed E-state index contributed by atoms with van der Waals surface area (Å²) in [6, 6.07) is 3.65. The van der Waals surface area contributed by atoms with Gasteiger partial charge in [0.2, 0.25) is 0 Å². The van der Waals surface area contributed by atoms with Crippen LogP contribution in [0.2, 0.25) is 0 Å². The highest BCUT2D eigenvalue weighted by atomic mass is 35.5. The molecule has 6 nitrogen and oxygen atoms in total. The highest BCUT2D eigenvalue weighted by Crippen LogP contribution is 2.34. The maximum absolute atomic E-state index is 13.4. The lowest BCUT2D eigenvalue weighted by Gasteiger charge is -2.36. The molecule has 0 aromatic heterocycles. The van der Waals surface area contributed by atoms with Gasteiger partial charge in [0, 0.05) is 45.1 Å². The minimum absolute atomic E-state index is 0.131. The van der Waals surface area contributed by atoms with Crippen LogP contribution in [0.5, 0.6) is 0 Å². The molecule has 0 N–H and O–H groups in total. The highest BCUT2D eigenvalue weighted by Gasteiger charge is 2.46. The van der Waals surface area contributed by atoms with Gasteiger partial charge in [-0.2, -0.15) is 13.2 Å². The molecule has 1 amide bonds. The molecule has 0 atom stereocenters. The Morgan fingerprint density at radius 1 is 1.14 bits per heavy atom. The van der Waals surface area contributed by atoms with Crippen LogP contribution in [0.25, 0.3) is 0 Å². The van der Waals surface area contributed by atoms with Crippen LogP contribution < -0.4 is 9.80 Å². The smallest absolute Gasteiger partial charge is 0.381 e. The van der Waals surface area contributed by atoms with E-state index in [9.17, 15) is 22.8 Å². The maximum Gasteiger partial charge on any atom is 0.471 e. The van der Waals surface area contributed by atoms with Gasteiger partial charge in [0.15, 0.2) is 0 Å². The van der Waals surface area contributed by atoms with E-state index in [0.717, 1.165) is 0 Å². The molecule has 1 aromatic rings. The van der Waals surface area contributed by atoms with E-state index < -0.39 is 23.4 Å². The highest BCUT2D eigenvalue weighted by molar-refractivity contribution is 6.68. The molecule has 0 unspecified atom stereocenters. The third kappa shape index (κ3) is 6.07. The Bertz CT molecular complexity index is 737. The number of hydrogen-bond acceptors (Lipinski definition) is 5. The predicted molar refractivity (Wildman–Crippen MR) is 106 cm³/mol. The van der Waals surface area contributed by atoms with Gasteiger partial charge in [-0.1, -0.05) is 0 Å². The van der Waals surface area contributed by atoms with E-state index >= 15 is 0 Å². The van der Waals surface area contributed by atoms with Crippen molar-refractivity contribution in [3.8, 4) is 0 Å². The molecule has 1 aliphatic heterocycles. The Morgan fingerprint density at radius 2 is 1.76 bits per heavy atom. The largest absolute Gasteiger partial charge is 0.471 e. The van der Waals surface area contributed by atoms with Gasteiger partial charge < -0.3 is 19.4 Å². The van der Waals surface area contributed by atoms with Crippen LogP contribution in [-0.2, 0) is 9.53 Å². The molecule has 1 aliphatic rings. The third-order valence-corrected chi connectivity index (χ3v) is 5.00. The van der Waals surface area contributed by atoms with Gasteiger partial charge in [-0.15, -0.1) is 0 Å². The van der Waals surface area contributed by atoms with E-state index in [-0.39, 0.29) is 37.3 Å². The number of halogens is 4.